The van der Waals surface area contributed by atoms with Crippen LogP contribution in [0.2, 0.25) is 0 Å². The van der Waals surface area contributed by atoms with E-state index in [2.05, 4.69) is 15.6 Å². The van der Waals surface area contributed by atoms with Crippen LogP contribution >= 0.6 is 11.3 Å². The number of carbonyl (C=O) groups is 2. The number of hydrogen-bond acceptors (Lipinski definition) is 4. The first-order valence-corrected chi connectivity index (χ1v) is 16.3. The summed E-state index contributed by atoms with van der Waals surface area (Å²) in [5.74, 6) is -1.17. The number of amides is 2. The average Bonchev–Trinajstić information content (AvgIpc) is 3.46. The van der Waals surface area contributed by atoms with Crippen LogP contribution in [0.3, 0.4) is 0 Å². The topological polar surface area (TPSA) is 71.1 Å². The number of benzene rings is 5. The van der Waals surface area contributed by atoms with E-state index in [1.807, 2.05) is 6.92 Å². The van der Waals surface area contributed by atoms with E-state index in [1.165, 1.54) is 90.2 Å². The van der Waals surface area contributed by atoms with Crippen molar-refractivity contribution in [3.05, 3.63) is 159 Å². The molecule has 266 valence electrons. The maximum Gasteiger partial charge on any atom is 0.417 e. The Balaban J connectivity index is 0.000000201. The van der Waals surface area contributed by atoms with Crippen LogP contribution < -0.4 is 10.6 Å². The summed E-state index contributed by atoms with van der Waals surface area (Å²) in [6.45, 7) is 3.58. The lowest BCUT2D eigenvalue weighted by molar-refractivity contribution is -0.137. The fraction of sp³-hybridized carbons (Fsp3) is 0.103. The van der Waals surface area contributed by atoms with Gasteiger partial charge in [0.25, 0.3) is 11.8 Å². The molecule has 0 aliphatic heterocycles. The van der Waals surface area contributed by atoms with E-state index in [0.717, 1.165) is 17.1 Å². The molecule has 6 rings (SSSR count). The highest BCUT2D eigenvalue weighted by Gasteiger charge is 2.34. The molecule has 0 aliphatic rings. The van der Waals surface area contributed by atoms with Crippen molar-refractivity contribution >= 4 is 34.5 Å². The number of nitrogens with one attached hydrogen (secondary N) is 2. The number of carbonyl (C=O) groups excluding carboxylic acids is 2. The minimum atomic E-state index is -4.45. The van der Waals surface area contributed by atoms with Crippen molar-refractivity contribution in [1.29, 1.82) is 0 Å². The summed E-state index contributed by atoms with van der Waals surface area (Å²) in [5.41, 5.74) is 1.44. The van der Waals surface area contributed by atoms with Crippen molar-refractivity contribution in [2.75, 3.05) is 10.6 Å². The summed E-state index contributed by atoms with van der Waals surface area (Å²) in [6, 6.07) is 28.1. The lowest BCUT2D eigenvalue weighted by atomic mass is 9.99. The Bertz CT molecular complexity index is 2180. The predicted octanol–water partition coefficient (Wildman–Crippen LogP) is 11.5. The minimum absolute atomic E-state index is 0.0661. The van der Waals surface area contributed by atoms with Crippen LogP contribution in [0.15, 0.2) is 121 Å². The predicted molar refractivity (Wildman–Crippen MR) is 188 cm³/mol. The maximum absolute atomic E-state index is 13.2. The molecule has 0 aliphatic carbocycles. The van der Waals surface area contributed by atoms with E-state index in [-0.39, 0.29) is 22.6 Å². The SMILES string of the molecule is Cc1nc(C)c(C(=O)Nc2ccc(-c3ccccc3C(F)(F)F)cc2)s1.O=C(Nc1ccc(-c2ccccc2C(F)(F)F)cc1)c1ccc(F)cc1. The maximum atomic E-state index is 13.2. The van der Waals surface area contributed by atoms with Gasteiger partial charge >= 0.3 is 12.4 Å². The second kappa shape index (κ2) is 15.6. The van der Waals surface area contributed by atoms with E-state index >= 15 is 0 Å². The van der Waals surface area contributed by atoms with Crippen LogP contribution in [0, 0.1) is 19.7 Å². The van der Waals surface area contributed by atoms with Crippen molar-refractivity contribution < 1.29 is 40.3 Å². The molecular formula is C39H28F7N3O2S. The molecule has 1 aromatic heterocycles. The van der Waals surface area contributed by atoms with Crippen molar-refractivity contribution in [1.82, 2.24) is 4.98 Å². The van der Waals surface area contributed by atoms with Crippen molar-refractivity contribution in [2.45, 2.75) is 26.2 Å². The van der Waals surface area contributed by atoms with Crippen LogP contribution in [0.4, 0.5) is 42.1 Å². The van der Waals surface area contributed by atoms with Gasteiger partial charge in [0.2, 0.25) is 0 Å². The molecule has 1 heterocycles. The van der Waals surface area contributed by atoms with Gasteiger partial charge in [0.1, 0.15) is 10.7 Å². The average molecular weight is 736 g/mol. The summed E-state index contributed by atoms with van der Waals surface area (Å²) in [6.07, 6.45) is -8.88. The number of hydrogen-bond donors (Lipinski definition) is 2. The molecule has 0 bridgehead atoms. The first-order valence-electron chi connectivity index (χ1n) is 15.5. The number of thiazole rings is 1. The van der Waals surface area contributed by atoms with Gasteiger partial charge in [-0.1, -0.05) is 60.7 Å². The van der Waals surface area contributed by atoms with E-state index in [0.29, 0.717) is 33.1 Å². The van der Waals surface area contributed by atoms with Gasteiger partial charge in [-0.05, 0) is 96.8 Å². The molecule has 13 heteroatoms. The summed E-state index contributed by atoms with van der Waals surface area (Å²) in [4.78, 5) is 29.1. The van der Waals surface area contributed by atoms with Crippen LogP contribution in [0.25, 0.3) is 22.3 Å². The number of anilines is 2. The molecule has 5 nitrogen and oxygen atoms in total. The lowest BCUT2D eigenvalue weighted by Crippen LogP contribution is -2.11. The van der Waals surface area contributed by atoms with Crippen LogP contribution in [-0.2, 0) is 12.4 Å². The third-order valence-corrected chi connectivity index (χ3v) is 8.66. The quantitative estimate of drug-likeness (QED) is 0.167. The highest BCUT2D eigenvalue weighted by Crippen LogP contribution is 2.38. The molecule has 0 spiro atoms. The van der Waals surface area contributed by atoms with Gasteiger partial charge in [0.15, 0.2) is 0 Å². The van der Waals surface area contributed by atoms with Crippen LogP contribution in [0.5, 0.6) is 0 Å². The van der Waals surface area contributed by atoms with Crippen LogP contribution in [-0.4, -0.2) is 16.8 Å². The summed E-state index contributed by atoms with van der Waals surface area (Å²) < 4.78 is 91.7. The molecule has 0 saturated carbocycles. The van der Waals surface area contributed by atoms with E-state index in [9.17, 15) is 40.3 Å². The molecule has 5 aromatic carbocycles. The molecule has 0 unspecified atom stereocenters. The number of aryl methyl sites for hydroxylation is 2. The van der Waals surface area contributed by atoms with E-state index in [4.69, 9.17) is 0 Å². The van der Waals surface area contributed by atoms with Gasteiger partial charge in [-0.15, -0.1) is 11.3 Å². The third-order valence-electron chi connectivity index (χ3n) is 7.59. The number of rotatable bonds is 6. The standard InChI is InChI=1S/C20H13F4NO.C19H15F3N2OS/c21-15-9-5-14(6-10-15)19(26)25-16-11-7-13(8-12-16)17-3-1-2-4-18(17)20(22,23)24;1-11-17(26-12(2)23-11)18(25)24-14-9-7-13(8-10-14)15-5-3-4-6-16(15)19(20,21)22/h1-12H,(H,25,26);3-10H,1-2H3,(H,24,25). The molecule has 6 aromatic rings. The Kier molecular flexibility index (Phi) is 11.2. The summed E-state index contributed by atoms with van der Waals surface area (Å²) in [5, 5.41) is 6.16. The third kappa shape index (κ3) is 9.29. The second-order valence-electron chi connectivity index (χ2n) is 11.3. The molecule has 52 heavy (non-hydrogen) atoms. The minimum Gasteiger partial charge on any atom is -0.322 e. The van der Waals surface area contributed by atoms with Gasteiger partial charge < -0.3 is 10.6 Å². The molecule has 0 atom stereocenters. The number of nitrogens with zero attached hydrogens (tertiary/aromatic N) is 1. The Morgan fingerprint density at radius 2 is 1.00 bits per heavy atom. The zero-order chi connectivity index (χ0) is 37.6. The fourth-order valence-corrected chi connectivity index (χ4v) is 5.98. The summed E-state index contributed by atoms with van der Waals surface area (Å²) in [7, 11) is 0. The van der Waals surface area contributed by atoms with Gasteiger partial charge in [0, 0.05) is 16.9 Å². The normalized spacial score (nSPS) is 11.3. The van der Waals surface area contributed by atoms with Gasteiger partial charge in [0.05, 0.1) is 21.8 Å². The van der Waals surface area contributed by atoms with E-state index < -0.39 is 35.2 Å². The smallest absolute Gasteiger partial charge is 0.322 e. The Morgan fingerprint density at radius 3 is 1.40 bits per heavy atom. The first-order chi connectivity index (χ1) is 24.6. The van der Waals surface area contributed by atoms with Gasteiger partial charge in [-0.3, -0.25) is 9.59 Å². The van der Waals surface area contributed by atoms with E-state index in [1.54, 1.807) is 37.3 Å². The number of halogens is 7. The highest BCUT2D eigenvalue weighted by molar-refractivity contribution is 7.13. The summed E-state index contributed by atoms with van der Waals surface area (Å²) >= 11 is 1.30. The highest BCUT2D eigenvalue weighted by atomic mass is 32.1. The van der Waals surface area contributed by atoms with Crippen LogP contribution in [0.1, 0.15) is 41.9 Å². The lowest BCUT2D eigenvalue weighted by Gasteiger charge is -2.13. The molecule has 2 amide bonds. The zero-order valence-corrected chi connectivity index (χ0v) is 28.2. The second-order valence-corrected chi connectivity index (χ2v) is 12.5. The largest absolute Gasteiger partial charge is 0.417 e. The molecular weight excluding hydrogens is 708 g/mol. The van der Waals surface area contributed by atoms with Crippen molar-refractivity contribution in [2.24, 2.45) is 0 Å². The monoisotopic (exact) mass is 735 g/mol. The Morgan fingerprint density at radius 1 is 0.577 bits per heavy atom. The Labute approximate surface area is 297 Å². The zero-order valence-electron chi connectivity index (χ0n) is 27.4. The molecule has 0 saturated heterocycles. The number of aromatic nitrogens is 1. The molecule has 0 radical (unpaired) electrons. The van der Waals surface area contributed by atoms with Crippen molar-refractivity contribution in [3.8, 4) is 22.3 Å². The first kappa shape index (κ1) is 37.4. The fourth-order valence-electron chi connectivity index (χ4n) is 5.16. The Hall–Kier alpha value is -5.82. The van der Waals surface area contributed by atoms with Gasteiger partial charge in [-0.2, -0.15) is 26.3 Å². The van der Waals surface area contributed by atoms with Gasteiger partial charge in [-0.25, -0.2) is 9.37 Å². The molecule has 0 fully saturated rings. The molecule has 2 N–H and O–H groups in total. The number of alkyl halides is 6. The van der Waals surface area contributed by atoms with Crippen molar-refractivity contribution in [3.63, 3.8) is 0 Å².